The lowest BCUT2D eigenvalue weighted by atomic mass is 10.1. The summed E-state index contributed by atoms with van der Waals surface area (Å²) in [5.74, 6) is 0.313. The highest BCUT2D eigenvalue weighted by molar-refractivity contribution is 7.78. The van der Waals surface area contributed by atoms with Crippen molar-refractivity contribution in [2.75, 3.05) is 24.3 Å². The molecule has 0 aromatic heterocycles. The third-order valence-electron chi connectivity index (χ3n) is 5.45. The van der Waals surface area contributed by atoms with E-state index in [0.29, 0.717) is 5.91 Å². The number of nitrogens with one attached hydrogen (secondary N) is 1. The second-order valence-electron chi connectivity index (χ2n) is 6.80. The molecule has 3 rings (SSSR count). The van der Waals surface area contributed by atoms with Gasteiger partial charge in [0.25, 0.3) is 5.91 Å². The van der Waals surface area contributed by atoms with E-state index < -0.39 is 7.26 Å². The highest BCUT2D eigenvalue weighted by Gasteiger charge is 2.68. The van der Waals surface area contributed by atoms with Crippen LogP contribution in [0.15, 0.2) is 18.2 Å². The molecule has 2 fully saturated rings. The summed E-state index contributed by atoms with van der Waals surface area (Å²) in [5.41, 5.74) is 3.38. The van der Waals surface area contributed by atoms with Gasteiger partial charge in [0, 0.05) is 32.5 Å². The van der Waals surface area contributed by atoms with Crippen molar-refractivity contribution in [1.82, 2.24) is 0 Å². The van der Waals surface area contributed by atoms with Crippen molar-refractivity contribution in [3.8, 4) is 0 Å². The summed E-state index contributed by atoms with van der Waals surface area (Å²) in [5, 5.41) is 3.30. The van der Waals surface area contributed by atoms with Crippen LogP contribution in [0.25, 0.3) is 0 Å². The predicted molar refractivity (Wildman–Crippen MR) is 88.3 cm³/mol. The molecule has 2 nitrogen and oxygen atoms in total. The molecule has 1 aliphatic heterocycles. The number of aryl methyl sites for hydroxylation is 2. The minimum Gasteiger partial charge on any atom is -0.322 e. The van der Waals surface area contributed by atoms with Gasteiger partial charge in [-0.25, -0.2) is 0 Å². The molecule has 0 bridgehead atoms. The number of para-hydroxylation sites is 1. The number of hydrogen-bond donors (Lipinski definition) is 1. The van der Waals surface area contributed by atoms with E-state index in [9.17, 15) is 4.79 Å². The molecule has 0 spiro atoms. The van der Waals surface area contributed by atoms with Crippen LogP contribution in [0.2, 0.25) is 0 Å². The highest BCUT2D eigenvalue weighted by atomic mass is 31.2. The Hall–Kier alpha value is -0.880. The molecular weight excluding hydrogens is 265 g/mol. The molecule has 1 aromatic rings. The van der Waals surface area contributed by atoms with Crippen LogP contribution in [-0.4, -0.2) is 30.1 Å². The average molecular weight is 290 g/mol. The summed E-state index contributed by atoms with van der Waals surface area (Å²) in [7, 11) is -1.05. The Labute approximate surface area is 122 Å². The number of carbonyl (C=O) groups excluding carboxylic acids is 1. The van der Waals surface area contributed by atoms with Crippen LogP contribution >= 0.6 is 7.26 Å². The summed E-state index contributed by atoms with van der Waals surface area (Å²) in [6.07, 6.45) is 7.56. The van der Waals surface area contributed by atoms with Gasteiger partial charge in [0.15, 0.2) is 5.16 Å². The zero-order chi connectivity index (χ0) is 14.4. The number of carbonyl (C=O) groups is 1. The Morgan fingerprint density at radius 3 is 2.20 bits per heavy atom. The lowest BCUT2D eigenvalue weighted by molar-refractivity contribution is -0.116. The molecule has 0 unspecified atom stereocenters. The van der Waals surface area contributed by atoms with E-state index in [1.165, 1.54) is 36.3 Å². The summed E-state index contributed by atoms with van der Waals surface area (Å²) >= 11 is 0. The number of hydrogen-bond acceptors (Lipinski definition) is 1. The van der Waals surface area contributed by atoms with Gasteiger partial charge in [-0.1, -0.05) is 18.2 Å². The van der Waals surface area contributed by atoms with E-state index in [1.807, 2.05) is 0 Å². The maximum absolute atomic E-state index is 12.9. The molecule has 1 heterocycles. The summed E-state index contributed by atoms with van der Waals surface area (Å²) in [4.78, 5) is 12.9. The van der Waals surface area contributed by atoms with Crippen molar-refractivity contribution in [3.63, 3.8) is 0 Å². The van der Waals surface area contributed by atoms with Gasteiger partial charge in [0.05, 0.1) is 12.3 Å². The van der Waals surface area contributed by atoms with Crippen LogP contribution < -0.4 is 5.32 Å². The molecule has 1 N–H and O–H groups in total. The Morgan fingerprint density at radius 2 is 1.70 bits per heavy atom. The first-order chi connectivity index (χ1) is 9.48. The zero-order valence-electron chi connectivity index (χ0n) is 12.8. The van der Waals surface area contributed by atoms with Crippen LogP contribution in [0.1, 0.15) is 36.8 Å². The van der Waals surface area contributed by atoms with E-state index >= 15 is 0 Å². The maximum Gasteiger partial charge on any atom is 0.268 e. The Morgan fingerprint density at radius 1 is 1.15 bits per heavy atom. The van der Waals surface area contributed by atoms with Gasteiger partial charge < -0.3 is 5.32 Å². The molecule has 1 saturated heterocycles. The molecular formula is C17H25NOP+. The van der Waals surface area contributed by atoms with Crippen molar-refractivity contribution >= 4 is 18.9 Å². The van der Waals surface area contributed by atoms with Gasteiger partial charge in [0.1, 0.15) is 0 Å². The Kier molecular flexibility index (Phi) is 3.41. The standard InChI is InChI=1S/C17H24NOP/c1-13-7-6-8-14(2)15(13)18-16(19)17(9-10-17)20(3)11-4-5-12-20/h6-8H,4-5,9-12H2,1-3H3/p+1. The quantitative estimate of drug-likeness (QED) is 0.830. The van der Waals surface area contributed by atoms with Crippen LogP contribution in [-0.2, 0) is 4.79 Å². The lowest BCUT2D eigenvalue weighted by Crippen LogP contribution is -2.33. The monoisotopic (exact) mass is 290 g/mol. The minimum atomic E-state index is -1.05. The molecule has 108 valence electrons. The maximum atomic E-state index is 12.9. The van der Waals surface area contributed by atoms with E-state index in [2.05, 4.69) is 44.0 Å². The van der Waals surface area contributed by atoms with Crippen LogP contribution in [0, 0.1) is 13.8 Å². The molecule has 1 aliphatic carbocycles. The molecule has 20 heavy (non-hydrogen) atoms. The second-order valence-corrected chi connectivity index (χ2v) is 11.3. The number of amides is 1. The summed E-state index contributed by atoms with van der Waals surface area (Å²) < 4.78 is 0. The van der Waals surface area contributed by atoms with Gasteiger partial charge in [0.2, 0.25) is 0 Å². The van der Waals surface area contributed by atoms with Gasteiger partial charge >= 0.3 is 0 Å². The van der Waals surface area contributed by atoms with Gasteiger partial charge in [-0.15, -0.1) is 0 Å². The van der Waals surface area contributed by atoms with Crippen molar-refractivity contribution in [1.29, 1.82) is 0 Å². The van der Waals surface area contributed by atoms with Gasteiger partial charge in [-0.3, -0.25) is 4.79 Å². The van der Waals surface area contributed by atoms with Crippen molar-refractivity contribution in [3.05, 3.63) is 29.3 Å². The minimum absolute atomic E-state index is 0.0260. The van der Waals surface area contributed by atoms with E-state index in [1.54, 1.807) is 0 Å². The Balaban J connectivity index is 1.83. The van der Waals surface area contributed by atoms with E-state index in [4.69, 9.17) is 0 Å². The van der Waals surface area contributed by atoms with Gasteiger partial charge in [-0.2, -0.15) is 0 Å². The highest BCUT2D eigenvalue weighted by Crippen LogP contribution is 2.78. The predicted octanol–water partition coefficient (Wildman–Crippen LogP) is 4.22. The first-order valence-electron chi connectivity index (χ1n) is 7.71. The average Bonchev–Trinajstić information content (AvgIpc) is 3.12. The molecule has 1 aromatic carbocycles. The van der Waals surface area contributed by atoms with Crippen molar-refractivity contribution in [2.24, 2.45) is 0 Å². The largest absolute Gasteiger partial charge is 0.322 e. The normalized spacial score (nSPS) is 22.6. The van der Waals surface area contributed by atoms with Crippen LogP contribution in [0.5, 0.6) is 0 Å². The van der Waals surface area contributed by atoms with Crippen molar-refractivity contribution in [2.45, 2.75) is 44.7 Å². The van der Waals surface area contributed by atoms with E-state index in [-0.39, 0.29) is 5.16 Å². The lowest BCUT2D eigenvalue weighted by Gasteiger charge is -2.27. The Bertz CT molecular complexity index is 522. The van der Waals surface area contributed by atoms with Gasteiger partial charge in [-0.05, 0) is 37.8 Å². The first-order valence-corrected chi connectivity index (χ1v) is 10.3. The third-order valence-corrected chi connectivity index (χ3v) is 10.8. The molecule has 0 radical (unpaired) electrons. The first kappa shape index (κ1) is 14.1. The fourth-order valence-corrected chi connectivity index (χ4v) is 8.49. The van der Waals surface area contributed by atoms with Crippen molar-refractivity contribution < 1.29 is 4.79 Å². The number of benzene rings is 1. The third kappa shape index (κ3) is 2.09. The molecule has 3 heteroatoms. The molecule has 1 amide bonds. The fourth-order valence-electron chi connectivity index (χ4n) is 3.83. The van der Waals surface area contributed by atoms with Crippen LogP contribution in [0.3, 0.4) is 0 Å². The van der Waals surface area contributed by atoms with E-state index in [0.717, 1.165) is 18.5 Å². The molecule has 1 saturated carbocycles. The number of anilines is 1. The number of rotatable bonds is 3. The van der Waals surface area contributed by atoms with Crippen LogP contribution in [0.4, 0.5) is 5.69 Å². The molecule has 2 aliphatic rings. The topological polar surface area (TPSA) is 29.1 Å². The summed E-state index contributed by atoms with van der Waals surface area (Å²) in [6, 6.07) is 6.21. The summed E-state index contributed by atoms with van der Waals surface area (Å²) in [6.45, 7) is 6.60. The molecule has 0 atom stereocenters. The zero-order valence-corrected chi connectivity index (χ0v) is 13.7. The SMILES string of the molecule is Cc1cccc(C)c1NC(=O)C1([P+]2(C)CCCC2)CC1. The fraction of sp³-hybridized carbons (Fsp3) is 0.588. The second kappa shape index (κ2) is 4.84. The smallest absolute Gasteiger partial charge is 0.268 e.